The predicted molar refractivity (Wildman–Crippen MR) is 159 cm³/mol. The van der Waals surface area contributed by atoms with Crippen LogP contribution in [0.15, 0.2) is 23.0 Å². The minimum atomic E-state index is -2.56. The van der Waals surface area contributed by atoms with Crippen molar-refractivity contribution in [1.29, 1.82) is 0 Å². The van der Waals surface area contributed by atoms with Crippen LogP contribution in [0.4, 0.5) is 5.69 Å². The minimum Gasteiger partial charge on any atom is -0.508 e. The Bertz CT molecular complexity index is 1330. The summed E-state index contributed by atoms with van der Waals surface area (Å²) >= 11 is 0. The number of carbonyl (C=O) groups is 3. The van der Waals surface area contributed by atoms with Gasteiger partial charge in [-0.1, -0.05) is 19.3 Å². The van der Waals surface area contributed by atoms with Crippen LogP contribution in [0.3, 0.4) is 0 Å². The van der Waals surface area contributed by atoms with Crippen LogP contribution in [-0.2, 0) is 27.3 Å². The van der Waals surface area contributed by atoms with Crippen molar-refractivity contribution in [2.45, 2.75) is 63.5 Å². The molecule has 11 nitrogen and oxygen atoms in total. The Labute approximate surface area is 246 Å². The number of Topliss-reactive ketones (excluding diaryl/α,β-unsaturated/α-hetero) is 2. The van der Waals surface area contributed by atoms with Gasteiger partial charge in [-0.25, -0.2) is 0 Å². The van der Waals surface area contributed by atoms with Gasteiger partial charge in [-0.3, -0.25) is 14.4 Å². The van der Waals surface area contributed by atoms with Crippen LogP contribution >= 0.6 is 0 Å². The number of phenols is 1. The second-order valence-electron chi connectivity index (χ2n) is 12.2. The summed E-state index contributed by atoms with van der Waals surface area (Å²) < 4.78 is 0. The molecule has 8 N–H and O–H groups in total. The molecule has 42 heavy (non-hydrogen) atoms. The van der Waals surface area contributed by atoms with E-state index in [0.717, 1.165) is 12.2 Å². The van der Waals surface area contributed by atoms with Gasteiger partial charge in [0.1, 0.15) is 22.8 Å². The van der Waals surface area contributed by atoms with Crippen LogP contribution in [0, 0.1) is 17.8 Å². The molecule has 1 unspecified atom stereocenters. The molecule has 11 heteroatoms. The van der Waals surface area contributed by atoms with Crippen molar-refractivity contribution in [2.24, 2.45) is 23.5 Å². The smallest absolute Gasteiger partial charge is 0.255 e. The average Bonchev–Trinajstić information content (AvgIpc) is 2.92. The SMILES string of the molecule is CN(C)c1cc(CNCC2CCCCC2)c(O)c2c1CC1C[C@H]3CC(=O)C(C(N)=O)=C(O)[C@@]3(O)C(=O)C1=C2O.CNC. The van der Waals surface area contributed by atoms with Crippen molar-refractivity contribution in [3.63, 3.8) is 0 Å². The number of ketones is 2. The maximum absolute atomic E-state index is 13.8. The van der Waals surface area contributed by atoms with Gasteiger partial charge in [0.2, 0.25) is 5.78 Å². The van der Waals surface area contributed by atoms with E-state index in [9.17, 15) is 34.8 Å². The lowest BCUT2D eigenvalue weighted by molar-refractivity contribution is -0.147. The van der Waals surface area contributed by atoms with Gasteiger partial charge in [0, 0.05) is 49.8 Å². The van der Waals surface area contributed by atoms with E-state index >= 15 is 0 Å². The molecule has 4 aliphatic rings. The van der Waals surface area contributed by atoms with Crippen LogP contribution in [0.2, 0.25) is 0 Å². The summed E-state index contributed by atoms with van der Waals surface area (Å²) in [5.74, 6) is -5.57. The summed E-state index contributed by atoms with van der Waals surface area (Å²) in [6, 6.07) is 1.89. The van der Waals surface area contributed by atoms with Gasteiger partial charge in [-0.2, -0.15) is 0 Å². The first-order valence-corrected chi connectivity index (χ1v) is 14.7. The van der Waals surface area contributed by atoms with Crippen LogP contribution in [0.25, 0.3) is 5.76 Å². The number of rotatable bonds is 6. The highest BCUT2D eigenvalue weighted by molar-refractivity contribution is 6.22. The summed E-state index contributed by atoms with van der Waals surface area (Å²) in [7, 11) is 7.47. The predicted octanol–water partition coefficient (Wildman–Crippen LogP) is 2.00. The molecule has 0 bridgehead atoms. The zero-order valence-electron chi connectivity index (χ0n) is 24.9. The number of hydrogen-bond acceptors (Lipinski definition) is 10. The van der Waals surface area contributed by atoms with E-state index < -0.39 is 52.0 Å². The Morgan fingerprint density at radius 2 is 1.74 bits per heavy atom. The Morgan fingerprint density at radius 3 is 2.33 bits per heavy atom. The summed E-state index contributed by atoms with van der Waals surface area (Å²) in [6.45, 7) is 1.19. The maximum Gasteiger partial charge on any atom is 0.255 e. The third-order valence-electron chi connectivity index (χ3n) is 9.07. The lowest BCUT2D eigenvalue weighted by Gasteiger charge is -2.46. The first-order valence-electron chi connectivity index (χ1n) is 14.7. The van der Waals surface area contributed by atoms with Gasteiger partial charge in [-0.05, 0) is 69.8 Å². The van der Waals surface area contributed by atoms with Crippen LogP contribution in [-0.4, -0.2) is 78.2 Å². The Balaban J connectivity index is 0.00000129. The van der Waals surface area contributed by atoms with E-state index in [1.54, 1.807) is 0 Å². The van der Waals surface area contributed by atoms with Crippen LogP contribution in [0.5, 0.6) is 5.75 Å². The second-order valence-corrected chi connectivity index (χ2v) is 12.2. The number of aromatic hydroxyl groups is 1. The number of phenolic OH excluding ortho intramolecular Hbond substituents is 1. The number of nitrogens with two attached hydrogens (primary N) is 1. The van der Waals surface area contributed by atoms with E-state index in [1.165, 1.54) is 32.1 Å². The van der Waals surface area contributed by atoms with Crippen molar-refractivity contribution in [3.05, 3.63) is 39.7 Å². The highest BCUT2D eigenvalue weighted by atomic mass is 16.3. The van der Waals surface area contributed by atoms with E-state index in [1.807, 2.05) is 39.2 Å². The molecule has 5 rings (SSSR count). The van der Waals surface area contributed by atoms with Crippen molar-refractivity contribution in [2.75, 3.05) is 39.6 Å². The maximum atomic E-state index is 13.8. The average molecular weight is 585 g/mol. The number of nitrogens with zero attached hydrogens (tertiary/aromatic N) is 1. The zero-order chi connectivity index (χ0) is 30.9. The van der Waals surface area contributed by atoms with Crippen molar-refractivity contribution < 1.29 is 34.8 Å². The molecule has 0 spiro atoms. The number of benzene rings is 1. The van der Waals surface area contributed by atoms with E-state index in [4.69, 9.17) is 5.73 Å². The monoisotopic (exact) mass is 584 g/mol. The van der Waals surface area contributed by atoms with Gasteiger partial charge in [-0.15, -0.1) is 0 Å². The number of nitrogens with one attached hydrogen (secondary N) is 2. The van der Waals surface area contributed by atoms with Crippen LogP contribution in [0.1, 0.15) is 61.6 Å². The molecular formula is C31H44N4O7. The van der Waals surface area contributed by atoms with Crippen molar-refractivity contribution >= 4 is 28.9 Å². The Kier molecular flexibility index (Phi) is 9.34. The summed E-state index contributed by atoms with van der Waals surface area (Å²) in [6.07, 6.45) is 6.14. The Morgan fingerprint density at radius 1 is 1.10 bits per heavy atom. The number of anilines is 1. The first-order chi connectivity index (χ1) is 19.9. The molecule has 0 saturated heterocycles. The third-order valence-corrected chi connectivity index (χ3v) is 9.07. The highest BCUT2D eigenvalue weighted by Gasteiger charge is 2.60. The first kappa shape index (κ1) is 31.5. The van der Waals surface area contributed by atoms with Gasteiger partial charge < -0.3 is 41.7 Å². The van der Waals surface area contributed by atoms with Gasteiger partial charge in [0.15, 0.2) is 11.4 Å². The van der Waals surface area contributed by atoms with Gasteiger partial charge in [0.05, 0.1) is 5.56 Å². The summed E-state index contributed by atoms with van der Waals surface area (Å²) in [4.78, 5) is 40.0. The number of hydrogen-bond donors (Lipinski definition) is 7. The molecule has 1 aromatic rings. The van der Waals surface area contributed by atoms with Crippen LogP contribution < -0.4 is 21.3 Å². The highest BCUT2D eigenvalue weighted by Crippen LogP contribution is 2.53. The van der Waals surface area contributed by atoms with Crippen molar-refractivity contribution in [1.82, 2.24) is 10.6 Å². The molecule has 2 fully saturated rings. The van der Waals surface area contributed by atoms with Gasteiger partial charge in [0.25, 0.3) is 5.91 Å². The molecule has 1 aromatic carbocycles. The van der Waals surface area contributed by atoms with E-state index in [2.05, 4.69) is 10.6 Å². The Hall–Kier alpha value is -3.41. The molecule has 0 aliphatic heterocycles. The molecule has 2 saturated carbocycles. The topological polar surface area (TPSA) is 185 Å². The minimum absolute atomic E-state index is 0.112. The lowest BCUT2D eigenvalue weighted by atomic mass is 9.59. The van der Waals surface area contributed by atoms with Crippen molar-refractivity contribution in [3.8, 4) is 5.75 Å². The molecule has 3 atom stereocenters. The molecule has 1 amide bonds. The largest absolute Gasteiger partial charge is 0.508 e. The lowest BCUT2D eigenvalue weighted by Crippen LogP contribution is -2.58. The fourth-order valence-corrected chi connectivity index (χ4v) is 7.06. The summed E-state index contributed by atoms with van der Waals surface area (Å²) in [5, 5.41) is 51.2. The quantitative estimate of drug-likeness (QED) is 0.244. The normalized spacial score (nSPS) is 25.7. The van der Waals surface area contributed by atoms with Gasteiger partial charge >= 0.3 is 0 Å². The molecule has 0 heterocycles. The fourth-order valence-electron chi connectivity index (χ4n) is 7.06. The second kappa shape index (κ2) is 12.4. The summed E-state index contributed by atoms with van der Waals surface area (Å²) in [5.41, 5.74) is 3.93. The fraction of sp³-hybridized carbons (Fsp3) is 0.581. The molecule has 0 radical (unpaired) electrons. The third kappa shape index (κ3) is 5.41. The molecule has 4 aliphatic carbocycles. The number of amides is 1. The number of aliphatic hydroxyl groups is 3. The van der Waals surface area contributed by atoms with E-state index in [0.29, 0.717) is 23.6 Å². The van der Waals surface area contributed by atoms with E-state index in [-0.39, 0.29) is 36.1 Å². The number of fused-ring (bicyclic) bond motifs is 3. The number of carbonyl (C=O) groups excluding carboxylic acids is 3. The number of aliphatic hydroxyl groups excluding tert-OH is 2. The molecular weight excluding hydrogens is 540 g/mol. The number of primary amides is 1. The zero-order valence-corrected chi connectivity index (χ0v) is 24.9. The molecule has 230 valence electrons. The molecule has 0 aromatic heterocycles. The standard InChI is InChI=1S/C29H37N3O7.C2H7N/c1-32(2)19-10-16(13-31-12-14-6-4-3-5-7-14)24(34)22-18(19)9-15-8-17-11-20(33)23(28(30)38)27(37)29(17,39)26(36)21(15)25(22)35;1-3-2/h10,14-15,17,31,34-35,37,39H,3-9,11-13H2,1-2H3,(H2,30,38);3H,1-2H3/t15?,17-,29-;/m0./s1.